The van der Waals surface area contributed by atoms with Gasteiger partial charge in [-0.05, 0) is 18.2 Å². The van der Waals surface area contributed by atoms with Crippen LogP contribution in [0.5, 0.6) is 0 Å². The molecule has 0 fully saturated rings. The van der Waals surface area contributed by atoms with Gasteiger partial charge in [0, 0.05) is 5.56 Å². The van der Waals surface area contributed by atoms with Gasteiger partial charge in [0.15, 0.2) is 22.6 Å². The molecule has 4 nitrogen and oxygen atoms in total. The molecule has 1 aromatic carbocycles. The van der Waals surface area contributed by atoms with Gasteiger partial charge in [0.1, 0.15) is 6.33 Å². The Balaban J connectivity index is 2.02. The molecule has 0 bridgehead atoms. The first kappa shape index (κ1) is 11.7. The minimum atomic E-state index is -1.03. The summed E-state index contributed by atoms with van der Waals surface area (Å²) in [6.07, 6.45) is 1.32. The summed E-state index contributed by atoms with van der Waals surface area (Å²) < 4.78 is 25.5. The third kappa shape index (κ3) is 2.88. The zero-order valence-electron chi connectivity index (χ0n) is 8.48. The summed E-state index contributed by atoms with van der Waals surface area (Å²) in [5.74, 6) is -2.21. The second-order valence-electron chi connectivity index (χ2n) is 3.13. The highest BCUT2D eigenvalue weighted by molar-refractivity contribution is 7.99. The SMILES string of the molecule is O=C(CSc1ncn[nH]1)c1ccc(F)c(F)c1. The number of carbonyl (C=O) groups excluding carboxylic acids is 1. The largest absolute Gasteiger partial charge is 0.293 e. The predicted molar refractivity (Wildman–Crippen MR) is 57.8 cm³/mol. The van der Waals surface area contributed by atoms with Gasteiger partial charge >= 0.3 is 0 Å². The summed E-state index contributed by atoms with van der Waals surface area (Å²) in [6.45, 7) is 0. The maximum Gasteiger partial charge on any atom is 0.183 e. The third-order valence-electron chi connectivity index (χ3n) is 1.97. The van der Waals surface area contributed by atoms with Gasteiger partial charge in [-0.25, -0.2) is 13.8 Å². The molecule has 0 atom stereocenters. The molecule has 0 aliphatic carbocycles. The molecule has 1 heterocycles. The summed E-state index contributed by atoms with van der Waals surface area (Å²) in [7, 11) is 0. The van der Waals surface area contributed by atoms with Crippen molar-refractivity contribution in [3.05, 3.63) is 41.7 Å². The van der Waals surface area contributed by atoms with Crippen molar-refractivity contribution < 1.29 is 13.6 Å². The molecule has 0 amide bonds. The number of H-pyrrole nitrogens is 1. The molecule has 0 aliphatic heterocycles. The lowest BCUT2D eigenvalue weighted by molar-refractivity contribution is 0.102. The number of nitrogens with zero attached hydrogens (tertiary/aromatic N) is 2. The van der Waals surface area contributed by atoms with Crippen molar-refractivity contribution in [3.63, 3.8) is 0 Å². The van der Waals surface area contributed by atoms with E-state index in [-0.39, 0.29) is 17.1 Å². The summed E-state index contributed by atoms with van der Waals surface area (Å²) in [5.41, 5.74) is 0.135. The van der Waals surface area contributed by atoms with Crippen LogP contribution >= 0.6 is 11.8 Å². The van der Waals surface area contributed by atoms with Crippen molar-refractivity contribution in [2.75, 3.05) is 5.75 Å². The number of benzene rings is 1. The number of hydrogen-bond acceptors (Lipinski definition) is 4. The highest BCUT2D eigenvalue weighted by Gasteiger charge is 2.10. The molecule has 0 saturated carbocycles. The fraction of sp³-hybridized carbons (Fsp3) is 0.100. The van der Waals surface area contributed by atoms with Crippen LogP contribution in [0, 0.1) is 11.6 Å². The number of aromatic nitrogens is 3. The first-order chi connectivity index (χ1) is 8.16. The van der Waals surface area contributed by atoms with Crippen LogP contribution in [-0.4, -0.2) is 26.7 Å². The molecule has 2 rings (SSSR count). The Morgan fingerprint density at radius 2 is 2.18 bits per heavy atom. The van der Waals surface area contributed by atoms with Gasteiger partial charge < -0.3 is 0 Å². The van der Waals surface area contributed by atoms with E-state index in [1.807, 2.05) is 0 Å². The first-order valence-corrected chi connectivity index (χ1v) is 5.62. The number of rotatable bonds is 4. The van der Waals surface area contributed by atoms with Crippen molar-refractivity contribution in [3.8, 4) is 0 Å². The van der Waals surface area contributed by atoms with Gasteiger partial charge in [-0.15, -0.1) is 0 Å². The Bertz CT molecular complexity index is 530. The summed E-state index contributed by atoms with van der Waals surface area (Å²) in [5, 5.41) is 6.70. The molecular weight excluding hydrogens is 248 g/mol. The average Bonchev–Trinajstić information content (AvgIpc) is 2.82. The van der Waals surface area contributed by atoms with Crippen LogP contribution in [0.4, 0.5) is 8.78 Å². The standard InChI is InChI=1S/C10H7F2N3OS/c11-7-2-1-6(3-8(7)12)9(16)4-17-10-13-5-14-15-10/h1-3,5H,4H2,(H,13,14,15). The van der Waals surface area contributed by atoms with E-state index in [2.05, 4.69) is 15.2 Å². The highest BCUT2D eigenvalue weighted by atomic mass is 32.2. The molecular formula is C10H7F2N3OS. The number of hydrogen-bond donors (Lipinski definition) is 1. The molecule has 88 valence electrons. The second kappa shape index (κ2) is 5.05. The Hall–Kier alpha value is -1.76. The van der Waals surface area contributed by atoms with Crippen molar-refractivity contribution in [2.45, 2.75) is 5.16 Å². The van der Waals surface area contributed by atoms with Crippen molar-refractivity contribution in [1.29, 1.82) is 0 Å². The van der Waals surface area contributed by atoms with Gasteiger partial charge in [0.05, 0.1) is 5.75 Å². The minimum Gasteiger partial charge on any atom is -0.293 e. The normalized spacial score (nSPS) is 10.5. The van der Waals surface area contributed by atoms with Crippen LogP contribution in [0.1, 0.15) is 10.4 Å². The van der Waals surface area contributed by atoms with Crippen molar-refractivity contribution in [2.24, 2.45) is 0 Å². The van der Waals surface area contributed by atoms with E-state index >= 15 is 0 Å². The Labute approximate surface area is 99.5 Å². The van der Waals surface area contributed by atoms with Crippen LogP contribution in [0.3, 0.4) is 0 Å². The molecule has 17 heavy (non-hydrogen) atoms. The summed E-state index contributed by atoms with van der Waals surface area (Å²) in [4.78, 5) is 15.5. The van der Waals surface area contributed by atoms with Crippen LogP contribution in [0.25, 0.3) is 0 Å². The number of thioether (sulfide) groups is 1. The molecule has 0 aliphatic rings. The molecule has 0 saturated heterocycles. The van der Waals surface area contributed by atoms with E-state index < -0.39 is 11.6 Å². The van der Waals surface area contributed by atoms with E-state index in [1.165, 1.54) is 12.4 Å². The lowest BCUT2D eigenvalue weighted by atomic mass is 10.1. The number of Topliss-reactive ketones (excluding diaryl/α,β-unsaturated/α-hetero) is 1. The molecule has 7 heteroatoms. The second-order valence-corrected chi connectivity index (χ2v) is 4.10. The highest BCUT2D eigenvalue weighted by Crippen LogP contribution is 2.15. The van der Waals surface area contributed by atoms with E-state index in [1.54, 1.807) is 0 Å². The smallest absolute Gasteiger partial charge is 0.183 e. The van der Waals surface area contributed by atoms with Gasteiger partial charge in [-0.1, -0.05) is 11.8 Å². The van der Waals surface area contributed by atoms with Gasteiger partial charge in [0.2, 0.25) is 0 Å². The van der Waals surface area contributed by atoms with Crippen molar-refractivity contribution in [1.82, 2.24) is 15.2 Å². The maximum atomic E-state index is 12.9. The van der Waals surface area contributed by atoms with Crippen LogP contribution < -0.4 is 0 Å². The van der Waals surface area contributed by atoms with E-state index in [0.29, 0.717) is 5.16 Å². The summed E-state index contributed by atoms with van der Waals surface area (Å²) in [6, 6.07) is 3.07. The molecule has 2 aromatic rings. The Kier molecular flexibility index (Phi) is 3.48. The number of nitrogens with one attached hydrogen (secondary N) is 1. The average molecular weight is 255 g/mol. The molecule has 1 aromatic heterocycles. The third-order valence-corrected chi connectivity index (χ3v) is 2.85. The zero-order valence-corrected chi connectivity index (χ0v) is 9.30. The van der Waals surface area contributed by atoms with Crippen LogP contribution in [0.15, 0.2) is 29.7 Å². The molecule has 0 spiro atoms. The maximum absolute atomic E-state index is 12.9. The topological polar surface area (TPSA) is 58.6 Å². The number of halogens is 2. The Morgan fingerprint density at radius 1 is 1.35 bits per heavy atom. The van der Waals surface area contributed by atoms with E-state index in [9.17, 15) is 13.6 Å². The predicted octanol–water partition coefficient (Wildman–Crippen LogP) is 2.06. The Morgan fingerprint density at radius 3 is 2.82 bits per heavy atom. The quantitative estimate of drug-likeness (QED) is 0.671. The number of carbonyl (C=O) groups is 1. The van der Waals surface area contributed by atoms with E-state index in [0.717, 1.165) is 23.9 Å². The van der Waals surface area contributed by atoms with Gasteiger partial charge in [-0.3, -0.25) is 9.89 Å². The monoisotopic (exact) mass is 255 g/mol. The fourth-order valence-corrected chi connectivity index (χ4v) is 1.82. The first-order valence-electron chi connectivity index (χ1n) is 4.63. The summed E-state index contributed by atoms with van der Waals surface area (Å²) >= 11 is 1.15. The molecule has 1 N–H and O–H groups in total. The van der Waals surface area contributed by atoms with Crippen LogP contribution in [-0.2, 0) is 0 Å². The van der Waals surface area contributed by atoms with Gasteiger partial charge in [-0.2, -0.15) is 5.10 Å². The number of ketones is 1. The fourth-order valence-electron chi connectivity index (χ4n) is 1.15. The van der Waals surface area contributed by atoms with Gasteiger partial charge in [0.25, 0.3) is 0 Å². The van der Waals surface area contributed by atoms with Crippen LogP contribution in [0.2, 0.25) is 0 Å². The lowest BCUT2D eigenvalue weighted by Crippen LogP contribution is -2.03. The number of aromatic amines is 1. The lowest BCUT2D eigenvalue weighted by Gasteiger charge is -2.00. The molecule has 0 radical (unpaired) electrons. The van der Waals surface area contributed by atoms with Crippen molar-refractivity contribution >= 4 is 17.5 Å². The zero-order chi connectivity index (χ0) is 12.3. The van der Waals surface area contributed by atoms with E-state index in [4.69, 9.17) is 0 Å². The molecule has 0 unspecified atom stereocenters. The minimum absolute atomic E-state index is 0.0836.